The van der Waals surface area contributed by atoms with E-state index in [0.29, 0.717) is 5.75 Å². The minimum atomic E-state index is 0.192. The highest BCUT2D eigenvalue weighted by atomic mass is 16.5. The molecule has 0 amide bonds. The topological polar surface area (TPSA) is 45.2 Å². The number of fused-ring (bicyclic) bond motifs is 1. The highest BCUT2D eigenvalue weighted by Crippen LogP contribution is 2.27. The number of allylic oxidation sites excluding steroid dienone is 2. The first-order valence-corrected chi connectivity index (χ1v) is 10.2. The van der Waals surface area contributed by atoms with Crippen LogP contribution >= 0.6 is 0 Å². The number of aromatic nitrogens is 1. The van der Waals surface area contributed by atoms with Gasteiger partial charge in [-0.15, -0.1) is 0 Å². The predicted octanol–water partition coefficient (Wildman–Crippen LogP) is 4.70. The van der Waals surface area contributed by atoms with Crippen molar-refractivity contribution in [2.45, 2.75) is 32.1 Å². The zero-order valence-electron chi connectivity index (χ0n) is 16.8. The quantitative estimate of drug-likeness (QED) is 0.646. The molecule has 1 heterocycles. The summed E-state index contributed by atoms with van der Waals surface area (Å²) in [6.45, 7) is 0. The molecule has 0 bridgehead atoms. The Hall–Kier alpha value is -3.20. The molecule has 148 valence electrons. The molecule has 0 fully saturated rings. The number of H-pyrrole nitrogens is 1. The van der Waals surface area contributed by atoms with Crippen LogP contribution in [0, 0.1) is 0 Å². The average molecular weight is 386 g/mol. The standard InChI is InChI=1S/C26H27NO2/c1-29-26-17-20(14-15-25(26)28)10-7-9-19-8-5-6-13-22-18-24(27-23(22)16-19)21-11-3-2-4-12-21/h2-4,8,11-18,27-28H,5-7,9-10H2,1H3. The van der Waals surface area contributed by atoms with Crippen LogP contribution in [0.1, 0.15) is 31.2 Å². The van der Waals surface area contributed by atoms with Crippen LogP contribution in [0.5, 0.6) is 11.5 Å². The number of hydrogen-bond acceptors (Lipinski definition) is 2. The fourth-order valence-electron chi connectivity index (χ4n) is 3.85. The van der Waals surface area contributed by atoms with Crippen molar-refractivity contribution in [3.05, 3.63) is 82.4 Å². The van der Waals surface area contributed by atoms with E-state index in [2.05, 4.69) is 53.5 Å². The van der Waals surface area contributed by atoms with Crippen molar-refractivity contribution < 1.29 is 9.84 Å². The van der Waals surface area contributed by atoms with Crippen molar-refractivity contribution in [1.82, 2.24) is 4.98 Å². The smallest absolute Gasteiger partial charge is 0.160 e. The molecule has 0 aliphatic heterocycles. The van der Waals surface area contributed by atoms with Crippen molar-refractivity contribution in [2.75, 3.05) is 7.11 Å². The first kappa shape index (κ1) is 19.1. The Morgan fingerprint density at radius 2 is 1.79 bits per heavy atom. The molecule has 0 radical (unpaired) electrons. The summed E-state index contributed by atoms with van der Waals surface area (Å²) in [6.07, 6.45) is 12.2. The maximum atomic E-state index is 9.75. The second-order valence-corrected chi connectivity index (χ2v) is 7.48. The summed E-state index contributed by atoms with van der Waals surface area (Å²) in [5.74, 6) is 0.733. The lowest BCUT2D eigenvalue weighted by Crippen LogP contribution is -2.22. The second-order valence-electron chi connectivity index (χ2n) is 7.48. The third-order valence-corrected chi connectivity index (χ3v) is 5.41. The Morgan fingerprint density at radius 1 is 0.966 bits per heavy atom. The SMILES string of the molecule is COc1cc(CCCC2=CCCC=c3cc(-c4ccccc4)[nH]c3=C2)ccc1O. The van der Waals surface area contributed by atoms with Crippen LogP contribution in [0.4, 0.5) is 0 Å². The Morgan fingerprint density at radius 3 is 2.62 bits per heavy atom. The monoisotopic (exact) mass is 385 g/mol. The van der Waals surface area contributed by atoms with E-state index >= 15 is 0 Å². The lowest BCUT2D eigenvalue weighted by atomic mass is 10.0. The number of phenols is 1. The Kier molecular flexibility index (Phi) is 5.85. The fourth-order valence-corrected chi connectivity index (χ4v) is 3.85. The molecule has 4 rings (SSSR count). The molecule has 0 spiro atoms. The van der Waals surface area contributed by atoms with Gasteiger partial charge in [-0.25, -0.2) is 0 Å². The van der Waals surface area contributed by atoms with Crippen molar-refractivity contribution in [1.29, 1.82) is 0 Å². The van der Waals surface area contributed by atoms with Gasteiger partial charge >= 0.3 is 0 Å². The highest BCUT2D eigenvalue weighted by molar-refractivity contribution is 5.61. The zero-order chi connectivity index (χ0) is 20.1. The molecule has 0 saturated heterocycles. The Bertz CT molecular complexity index is 1120. The lowest BCUT2D eigenvalue weighted by molar-refractivity contribution is 0.373. The molecule has 3 aromatic rings. The van der Waals surface area contributed by atoms with Crippen molar-refractivity contribution >= 4 is 12.2 Å². The highest BCUT2D eigenvalue weighted by Gasteiger charge is 2.05. The number of nitrogens with one attached hydrogen (secondary N) is 1. The van der Waals surface area contributed by atoms with Gasteiger partial charge in [-0.05, 0) is 78.3 Å². The number of methoxy groups -OCH3 is 1. The van der Waals surface area contributed by atoms with Crippen LogP contribution in [-0.4, -0.2) is 17.2 Å². The Labute approximate surface area is 171 Å². The van der Waals surface area contributed by atoms with Crippen LogP contribution < -0.4 is 15.3 Å². The van der Waals surface area contributed by atoms with E-state index in [0.717, 1.165) is 32.1 Å². The summed E-state index contributed by atoms with van der Waals surface area (Å²) in [5.41, 5.74) is 4.95. The fraction of sp³-hybridized carbons (Fsp3) is 0.231. The number of hydrogen-bond donors (Lipinski definition) is 2. The molecule has 29 heavy (non-hydrogen) atoms. The summed E-state index contributed by atoms with van der Waals surface area (Å²) >= 11 is 0. The second kappa shape index (κ2) is 8.87. The number of rotatable bonds is 6. The van der Waals surface area contributed by atoms with Crippen LogP contribution in [0.15, 0.2) is 66.2 Å². The normalized spacial score (nSPS) is 13.3. The molecule has 0 atom stereocenters. The van der Waals surface area contributed by atoms with E-state index < -0.39 is 0 Å². The number of aromatic hydroxyl groups is 1. The van der Waals surface area contributed by atoms with Crippen molar-refractivity contribution in [3.63, 3.8) is 0 Å². The molecule has 2 N–H and O–H groups in total. The maximum absolute atomic E-state index is 9.75. The first-order valence-electron chi connectivity index (χ1n) is 10.2. The number of benzene rings is 2. The van der Waals surface area contributed by atoms with Crippen LogP contribution in [0.25, 0.3) is 23.4 Å². The molecular weight excluding hydrogens is 358 g/mol. The molecule has 0 unspecified atom stereocenters. The minimum absolute atomic E-state index is 0.192. The third kappa shape index (κ3) is 4.62. The maximum Gasteiger partial charge on any atom is 0.160 e. The predicted molar refractivity (Wildman–Crippen MR) is 119 cm³/mol. The zero-order valence-corrected chi connectivity index (χ0v) is 16.8. The van der Waals surface area contributed by atoms with Crippen LogP contribution in [-0.2, 0) is 6.42 Å². The van der Waals surface area contributed by atoms with E-state index in [4.69, 9.17) is 4.74 Å². The molecule has 1 aliphatic carbocycles. The molecule has 0 saturated carbocycles. The molecule has 2 aromatic carbocycles. The van der Waals surface area contributed by atoms with Crippen molar-refractivity contribution in [3.8, 4) is 22.8 Å². The van der Waals surface area contributed by atoms with Gasteiger partial charge in [0.2, 0.25) is 0 Å². The summed E-state index contributed by atoms with van der Waals surface area (Å²) in [4.78, 5) is 3.61. The molecule has 1 aliphatic rings. The van der Waals surface area contributed by atoms with Gasteiger partial charge in [0, 0.05) is 11.0 Å². The number of ether oxygens (including phenoxy) is 1. The first-order chi connectivity index (χ1) is 14.2. The van der Waals surface area contributed by atoms with Gasteiger partial charge in [0.25, 0.3) is 0 Å². The van der Waals surface area contributed by atoms with Crippen LogP contribution in [0.2, 0.25) is 0 Å². The Balaban J connectivity index is 1.50. The average Bonchev–Trinajstić information content (AvgIpc) is 3.12. The van der Waals surface area contributed by atoms with Gasteiger partial charge in [0.15, 0.2) is 11.5 Å². The van der Waals surface area contributed by atoms with Gasteiger partial charge in [-0.1, -0.05) is 48.6 Å². The molecule has 3 heteroatoms. The van der Waals surface area contributed by atoms with Crippen LogP contribution in [0.3, 0.4) is 0 Å². The van der Waals surface area contributed by atoms with Gasteiger partial charge in [0.1, 0.15) is 0 Å². The molecular formula is C26H27NO2. The summed E-state index contributed by atoms with van der Waals surface area (Å²) in [6, 6.07) is 18.3. The lowest BCUT2D eigenvalue weighted by Gasteiger charge is -2.08. The van der Waals surface area contributed by atoms with E-state index in [9.17, 15) is 5.11 Å². The van der Waals surface area contributed by atoms with E-state index in [-0.39, 0.29) is 5.75 Å². The van der Waals surface area contributed by atoms with Crippen molar-refractivity contribution in [2.24, 2.45) is 0 Å². The largest absolute Gasteiger partial charge is 0.504 e. The summed E-state index contributed by atoms with van der Waals surface area (Å²) < 4.78 is 5.22. The summed E-state index contributed by atoms with van der Waals surface area (Å²) in [5, 5.41) is 12.2. The third-order valence-electron chi connectivity index (χ3n) is 5.41. The van der Waals surface area contributed by atoms with Gasteiger partial charge in [-0.2, -0.15) is 0 Å². The summed E-state index contributed by atoms with van der Waals surface area (Å²) in [7, 11) is 1.59. The van der Waals surface area contributed by atoms with E-state index in [1.807, 2.05) is 18.2 Å². The molecule has 3 nitrogen and oxygen atoms in total. The number of aromatic amines is 1. The number of aryl methyl sites for hydroxylation is 1. The van der Waals surface area contributed by atoms with E-state index in [1.165, 1.54) is 33.0 Å². The van der Waals surface area contributed by atoms with E-state index in [1.54, 1.807) is 13.2 Å². The van der Waals surface area contributed by atoms with Gasteiger partial charge < -0.3 is 14.8 Å². The van der Waals surface area contributed by atoms with Gasteiger partial charge in [0.05, 0.1) is 7.11 Å². The van der Waals surface area contributed by atoms with Gasteiger partial charge in [-0.3, -0.25) is 0 Å². The molecule has 1 aromatic heterocycles. The number of phenolic OH excluding ortho intramolecular Hbond substituents is 1. The minimum Gasteiger partial charge on any atom is -0.504 e.